The Bertz CT molecular complexity index is 877. The van der Waals surface area contributed by atoms with E-state index in [1.165, 1.54) is 5.56 Å². The minimum atomic E-state index is -0.790. The van der Waals surface area contributed by atoms with Crippen LogP contribution in [0.4, 0.5) is 0 Å². The quantitative estimate of drug-likeness (QED) is 0.686. The van der Waals surface area contributed by atoms with Crippen molar-refractivity contribution in [2.45, 2.75) is 24.8 Å². The molecule has 3 heteroatoms. The Morgan fingerprint density at radius 3 is 1.69 bits per heavy atom. The highest BCUT2D eigenvalue weighted by Crippen LogP contribution is 2.44. The molecular formula is C26H28N2O. The van der Waals surface area contributed by atoms with Gasteiger partial charge in [0.1, 0.15) is 5.41 Å². The number of rotatable bonds is 6. The number of hydrogen-bond acceptors (Lipinski definition) is 2. The summed E-state index contributed by atoms with van der Waals surface area (Å²) in [5, 5.41) is 0. The molecule has 1 aliphatic rings. The molecular weight excluding hydrogens is 356 g/mol. The van der Waals surface area contributed by atoms with Crippen LogP contribution in [0.15, 0.2) is 91.0 Å². The van der Waals surface area contributed by atoms with Crippen LogP contribution in [0.25, 0.3) is 0 Å². The fourth-order valence-corrected chi connectivity index (χ4v) is 4.89. The van der Waals surface area contributed by atoms with E-state index >= 15 is 0 Å². The molecule has 0 spiro atoms. The summed E-state index contributed by atoms with van der Waals surface area (Å²) in [5.74, 6) is -0.0757. The summed E-state index contributed by atoms with van der Waals surface area (Å²) in [5.41, 5.74) is 8.71. The number of primary amides is 1. The lowest BCUT2D eigenvalue weighted by Crippen LogP contribution is -2.51. The van der Waals surface area contributed by atoms with Crippen LogP contribution in [0.2, 0.25) is 0 Å². The number of carbonyl (C=O) groups is 1. The maximum atomic E-state index is 13.1. The van der Waals surface area contributed by atoms with Gasteiger partial charge in [-0.1, -0.05) is 91.0 Å². The number of benzene rings is 3. The van der Waals surface area contributed by atoms with Gasteiger partial charge in [-0.3, -0.25) is 9.69 Å². The molecule has 0 unspecified atom stereocenters. The molecule has 3 aromatic rings. The van der Waals surface area contributed by atoms with E-state index in [4.69, 9.17) is 5.73 Å². The SMILES string of the molecule is NC(=O)C(c1ccccc1)(c1ccccc1)C1CCN(Cc2ccccc2)CC1. The van der Waals surface area contributed by atoms with Crippen LogP contribution >= 0.6 is 0 Å². The number of carbonyl (C=O) groups excluding carboxylic acids is 1. The van der Waals surface area contributed by atoms with E-state index in [1.54, 1.807) is 0 Å². The summed E-state index contributed by atoms with van der Waals surface area (Å²) in [6.45, 7) is 2.89. The monoisotopic (exact) mass is 384 g/mol. The van der Waals surface area contributed by atoms with Crippen molar-refractivity contribution in [1.29, 1.82) is 0 Å². The highest BCUT2D eigenvalue weighted by molar-refractivity contribution is 5.91. The lowest BCUT2D eigenvalue weighted by molar-refractivity contribution is -0.124. The minimum absolute atomic E-state index is 0.178. The fraction of sp³-hybridized carbons (Fsp3) is 0.269. The zero-order valence-corrected chi connectivity index (χ0v) is 16.7. The Morgan fingerprint density at radius 2 is 1.24 bits per heavy atom. The standard InChI is InChI=1S/C26H28N2O/c27-25(29)26(22-12-6-2-7-13-22,23-14-8-3-9-15-23)24-16-18-28(19-17-24)20-21-10-4-1-5-11-21/h1-15,24H,16-20H2,(H2,27,29). The Hall–Kier alpha value is -2.91. The third-order valence-corrected chi connectivity index (χ3v) is 6.30. The highest BCUT2D eigenvalue weighted by atomic mass is 16.1. The number of hydrogen-bond donors (Lipinski definition) is 1. The second-order valence-corrected chi connectivity index (χ2v) is 7.94. The van der Waals surface area contributed by atoms with Crippen molar-refractivity contribution in [2.75, 3.05) is 13.1 Å². The van der Waals surface area contributed by atoms with Gasteiger partial charge < -0.3 is 5.73 Å². The molecule has 1 heterocycles. The fourth-order valence-electron chi connectivity index (χ4n) is 4.89. The first-order valence-corrected chi connectivity index (χ1v) is 10.4. The summed E-state index contributed by atoms with van der Waals surface area (Å²) in [6, 6.07) is 30.8. The van der Waals surface area contributed by atoms with Crippen LogP contribution in [0.5, 0.6) is 0 Å². The third kappa shape index (κ3) is 3.83. The summed E-state index contributed by atoms with van der Waals surface area (Å²) >= 11 is 0. The topological polar surface area (TPSA) is 46.3 Å². The number of likely N-dealkylation sites (tertiary alicyclic amines) is 1. The molecule has 0 aliphatic carbocycles. The predicted octanol–water partition coefficient (Wildman–Crippen LogP) is 4.37. The van der Waals surface area contributed by atoms with Crippen molar-refractivity contribution in [3.63, 3.8) is 0 Å². The van der Waals surface area contributed by atoms with Crippen molar-refractivity contribution in [3.05, 3.63) is 108 Å². The molecule has 2 N–H and O–H groups in total. The van der Waals surface area contributed by atoms with Gasteiger partial charge in [-0.05, 0) is 48.5 Å². The second-order valence-electron chi connectivity index (χ2n) is 7.94. The Morgan fingerprint density at radius 1 is 0.793 bits per heavy atom. The predicted molar refractivity (Wildman–Crippen MR) is 117 cm³/mol. The van der Waals surface area contributed by atoms with Crippen molar-refractivity contribution in [2.24, 2.45) is 11.7 Å². The normalized spacial score (nSPS) is 15.9. The Labute approximate surface area is 173 Å². The number of nitrogens with two attached hydrogens (primary N) is 1. The zero-order chi connectivity index (χ0) is 20.1. The molecule has 29 heavy (non-hydrogen) atoms. The van der Waals surface area contributed by atoms with Gasteiger partial charge >= 0.3 is 0 Å². The van der Waals surface area contributed by atoms with Crippen LogP contribution in [-0.4, -0.2) is 23.9 Å². The van der Waals surface area contributed by atoms with Crippen LogP contribution in [0, 0.1) is 5.92 Å². The average molecular weight is 385 g/mol. The molecule has 0 saturated carbocycles. The van der Waals surface area contributed by atoms with Gasteiger partial charge in [0, 0.05) is 6.54 Å². The van der Waals surface area contributed by atoms with Crippen LogP contribution in [-0.2, 0) is 16.8 Å². The number of amides is 1. The third-order valence-electron chi connectivity index (χ3n) is 6.30. The smallest absolute Gasteiger partial charge is 0.232 e. The molecule has 3 aromatic carbocycles. The van der Waals surface area contributed by atoms with E-state index in [1.807, 2.05) is 60.7 Å². The average Bonchev–Trinajstić information content (AvgIpc) is 2.77. The van der Waals surface area contributed by atoms with Crippen molar-refractivity contribution >= 4 is 5.91 Å². The summed E-state index contributed by atoms with van der Waals surface area (Å²) in [7, 11) is 0. The van der Waals surface area contributed by atoms with Gasteiger partial charge in [0.05, 0.1) is 0 Å². The first-order chi connectivity index (χ1) is 14.2. The first-order valence-electron chi connectivity index (χ1n) is 10.4. The number of nitrogens with zero attached hydrogens (tertiary/aromatic N) is 1. The largest absolute Gasteiger partial charge is 0.369 e. The molecule has 1 aliphatic heterocycles. The Kier molecular flexibility index (Phi) is 5.77. The van der Waals surface area contributed by atoms with Crippen LogP contribution < -0.4 is 5.73 Å². The van der Waals surface area contributed by atoms with E-state index in [0.717, 1.165) is 43.6 Å². The molecule has 148 valence electrons. The summed E-state index contributed by atoms with van der Waals surface area (Å²) in [6.07, 6.45) is 1.89. The van der Waals surface area contributed by atoms with Gasteiger partial charge in [0.25, 0.3) is 0 Å². The molecule has 1 fully saturated rings. The number of piperidine rings is 1. The molecule has 0 atom stereocenters. The van der Waals surface area contributed by atoms with Gasteiger partial charge in [0.15, 0.2) is 0 Å². The maximum absolute atomic E-state index is 13.1. The van der Waals surface area contributed by atoms with Crippen molar-refractivity contribution in [3.8, 4) is 0 Å². The van der Waals surface area contributed by atoms with Crippen LogP contribution in [0.3, 0.4) is 0 Å². The van der Waals surface area contributed by atoms with Crippen LogP contribution in [0.1, 0.15) is 29.5 Å². The zero-order valence-electron chi connectivity index (χ0n) is 16.7. The molecule has 0 bridgehead atoms. The van der Waals surface area contributed by atoms with Gasteiger partial charge in [-0.2, -0.15) is 0 Å². The molecule has 0 radical (unpaired) electrons. The second kappa shape index (κ2) is 8.62. The molecule has 1 saturated heterocycles. The van der Waals surface area contributed by atoms with Gasteiger partial charge in [-0.25, -0.2) is 0 Å². The highest BCUT2D eigenvalue weighted by Gasteiger charge is 2.47. The minimum Gasteiger partial charge on any atom is -0.369 e. The Balaban J connectivity index is 1.64. The van der Waals surface area contributed by atoms with E-state index in [9.17, 15) is 4.79 Å². The molecule has 1 amide bonds. The van der Waals surface area contributed by atoms with E-state index in [-0.39, 0.29) is 11.8 Å². The van der Waals surface area contributed by atoms with Gasteiger partial charge in [0.2, 0.25) is 5.91 Å². The summed E-state index contributed by atoms with van der Waals surface area (Å²) < 4.78 is 0. The molecule has 0 aromatic heterocycles. The van der Waals surface area contributed by atoms with Crippen molar-refractivity contribution < 1.29 is 4.79 Å². The molecule has 4 rings (SSSR count). The van der Waals surface area contributed by atoms with E-state index < -0.39 is 5.41 Å². The van der Waals surface area contributed by atoms with Crippen molar-refractivity contribution in [1.82, 2.24) is 4.90 Å². The van der Waals surface area contributed by atoms with E-state index in [0.29, 0.717) is 0 Å². The summed E-state index contributed by atoms with van der Waals surface area (Å²) in [4.78, 5) is 15.6. The van der Waals surface area contributed by atoms with E-state index in [2.05, 4.69) is 35.2 Å². The maximum Gasteiger partial charge on any atom is 0.232 e. The lowest BCUT2D eigenvalue weighted by atomic mass is 9.62. The molecule has 3 nitrogen and oxygen atoms in total. The lowest BCUT2D eigenvalue weighted by Gasteiger charge is -2.43. The van der Waals surface area contributed by atoms with Gasteiger partial charge in [-0.15, -0.1) is 0 Å². The first kappa shape index (κ1) is 19.4.